The summed E-state index contributed by atoms with van der Waals surface area (Å²) in [7, 11) is 0. The Hall–Kier alpha value is -2.24. The molecule has 0 radical (unpaired) electrons. The van der Waals surface area contributed by atoms with E-state index in [9.17, 15) is 23.9 Å². The number of benzene rings is 1. The number of hydrogen-bond donors (Lipinski definition) is 2. The standard InChI is InChI=1S/C15H16FNO4/c16-11-6-4-9(5-7-11)14(19)17-13(15(20)21)10-2-1-3-12(18)8-10/h4-7,10,13H,1-3,8H2,(H,17,19)(H,20,21)/t10-,13-/m1/s1. The number of carbonyl (C=O) groups is 3. The highest BCUT2D eigenvalue weighted by Gasteiger charge is 2.33. The number of carboxylic acids is 1. The van der Waals surface area contributed by atoms with Crippen LogP contribution in [0.4, 0.5) is 4.39 Å². The summed E-state index contributed by atoms with van der Waals surface area (Å²) in [6, 6.07) is 3.74. The van der Waals surface area contributed by atoms with Gasteiger partial charge in [0.25, 0.3) is 5.91 Å². The van der Waals surface area contributed by atoms with Crippen LogP contribution in [0.3, 0.4) is 0 Å². The van der Waals surface area contributed by atoms with Crippen molar-refractivity contribution in [2.75, 3.05) is 0 Å². The van der Waals surface area contributed by atoms with Crippen molar-refractivity contribution in [2.45, 2.75) is 31.7 Å². The van der Waals surface area contributed by atoms with Crippen LogP contribution < -0.4 is 5.32 Å². The van der Waals surface area contributed by atoms with Crippen molar-refractivity contribution in [3.63, 3.8) is 0 Å². The lowest BCUT2D eigenvalue weighted by molar-refractivity contribution is -0.141. The maximum Gasteiger partial charge on any atom is 0.326 e. The molecular formula is C15H16FNO4. The molecule has 1 amide bonds. The van der Waals surface area contributed by atoms with E-state index in [0.29, 0.717) is 19.3 Å². The molecular weight excluding hydrogens is 277 g/mol. The fourth-order valence-electron chi connectivity index (χ4n) is 2.55. The smallest absolute Gasteiger partial charge is 0.326 e. The Labute approximate surface area is 121 Å². The molecule has 1 aromatic rings. The highest BCUT2D eigenvalue weighted by molar-refractivity contribution is 5.96. The lowest BCUT2D eigenvalue weighted by Crippen LogP contribution is -2.47. The van der Waals surface area contributed by atoms with Gasteiger partial charge in [0.15, 0.2) is 0 Å². The summed E-state index contributed by atoms with van der Waals surface area (Å²) in [5.74, 6) is -2.59. The Balaban J connectivity index is 2.08. The topological polar surface area (TPSA) is 83.5 Å². The Morgan fingerprint density at radius 1 is 1.29 bits per heavy atom. The third-order valence-corrected chi connectivity index (χ3v) is 3.65. The minimum atomic E-state index is -1.16. The molecule has 0 saturated heterocycles. The van der Waals surface area contributed by atoms with E-state index in [0.717, 1.165) is 12.1 Å². The predicted molar refractivity (Wildman–Crippen MR) is 72.3 cm³/mol. The fraction of sp³-hybridized carbons (Fsp3) is 0.400. The molecule has 1 saturated carbocycles. The van der Waals surface area contributed by atoms with Crippen molar-refractivity contribution in [2.24, 2.45) is 5.92 Å². The minimum absolute atomic E-state index is 0.0218. The fourth-order valence-corrected chi connectivity index (χ4v) is 2.55. The molecule has 2 N–H and O–H groups in total. The van der Waals surface area contributed by atoms with Gasteiger partial charge in [-0.15, -0.1) is 0 Å². The summed E-state index contributed by atoms with van der Waals surface area (Å²) >= 11 is 0. The largest absolute Gasteiger partial charge is 0.480 e. The average Bonchev–Trinajstić information content (AvgIpc) is 2.45. The Morgan fingerprint density at radius 3 is 2.52 bits per heavy atom. The SMILES string of the molecule is O=C1CCC[C@@H]([C@@H](NC(=O)c2ccc(F)cc2)C(=O)O)C1. The van der Waals surface area contributed by atoms with E-state index in [2.05, 4.69) is 5.32 Å². The molecule has 21 heavy (non-hydrogen) atoms. The highest BCUT2D eigenvalue weighted by atomic mass is 19.1. The van der Waals surface area contributed by atoms with Gasteiger partial charge in [-0.05, 0) is 43.0 Å². The molecule has 6 heteroatoms. The molecule has 0 aromatic heterocycles. The molecule has 112 valence electrons. The van der Waals surface area contributed by atoms with Gasteiger partial charge in [0.05, 0.1) is 0 Å². The molecule has 1 aromatic carbocycles. The van der Waals surface area contributed by atoms with Gasteiger partial charge in [0.1, 0.15) is 17.6 Å². The van der Waals surface area contributed by atoms with Gasteiger partial charge in [-0.1, -0.05) is 0 Å². The van der Waals surface area contributed by atoms with Crippen molar-refractivity contribution >= 4 is 17.7 Å². The van der Waals surface area contributed by atoms with E-state index < -0.39 is 29.7 Å². The highest BCUT2D eigenvalue weighted by Crippen LogP contribution is 2.24. The van der Waals surface area contributed by atoms with Gasteiger partial charge in [0.2, 0.25) is 0 Å². The molecule has 0 unspecified atom stereocenters. The van der Waals surface area contributed by atoms with Crippen molar-refractivity contribution < 1.29 is 23.9 Å². The quantitative estimate of drug-likeness (QED) is 0.886. The van der Waals surface area contributed by atoms with Gasteiger partial charge in [-0.2, -0.15) is 0 Å². The van der Waals surface area contributed by atoms with E-state index in [4.69, 9.17) is 0 Å². The zero-order chi connectivity index (χ0) is 15.4. The molecule has 5 nitrogen and oxygen atoms in total. The average molecular weight is 293 g/mol. The first-order valence-corrected chi connectivity index (χ1v) is 6.78. The number of halogens is 1. The normalized spacial score (nSPS) is 19.9. The van der Waals surface area contributed by atoms with Crippen LogP contribution >= 0.6 is 0 Å². The summed E-state index contributed by atoms with van der Waals surface area (Å²) < 4.78 is 12.8. The van der Waals surface area contributed by atoms with Gasteiger partial charge in [0, 0.05) is 18.4 Å². The maximum absolute atomic E-state index is 12.8. The van der Waals surface area contributed by atoms with E-state index >= 15 is 0 Å². The Morgan fingerprint density at radius 2 is 1.95 bits per heavy atom. The number of ketones is 1. The molecule has 0 aliphatic heterocycles. The van der Waals surface area contributed by atoms with Crippen LogP contribution in [0.1, 0.15) is 36.0 Å². The van der Waals surface area contributed by atoms with Crippen LogP contribution in [0.5, 0.6) is 0 Å². The molecule has 0 heterocycles. The number of nitrogens with one attached hydrogen (secondary N) is 1. The maximum atomic E-state index is 12.8. The van der Waals surface area contributed by atoms with E-state index in [1.807, 2.05) is 0 Å². The molecule has 0 spiro atoms. The zero-order valence-electron chi connectivity index (χ0n) is 11.3. The Kier molecular flexibility index (Phi) is 4.67. The summed E-state index contributed by atoms with van der Waals surface area (Å²) in [4.78, 5) is 34.8. The number of rotatable bonds is 4. The third-order valence-electron chi connectivity index (χ3n) is 3.65. The lowest BCUT2D eigenvalue weighted by atomic mass is 9.83. The molecule has 2 rings (SSSR count). The zero-order valence-corrected chi connectivity index (χ0v) is 11.3. The van der Waals surface area contributed by atoms with Gasteiger partial charge in [-0.3, -0.25) is 9.59 Å². The number of hydrogen-bond acceptors (Lipinski definition) is 3. The summed E-state index contributed by atoms with van der Waals surface area (Å²) in [6.45, 7) is 0. The molecule has 2 atom stereocenters. The van der Waals surface area contributed by atoms with Crippen LogP contribution in [0.15, 0.2) is 24.3 Å². The number of Topliss-reactive ketones (excluding diaryl/α,β-unsaturated/α-hetero) is 1. The van der Waals surface area contributed by atoms with Crippen LogP contribution in [0.25, 0.3) is 0 Å². The summed E-state index contributed by atoms with van der Waals surface area (Å²) in [5.41, 5.74) is 0.185. The van der Waals surface area contributed by atoms with Crippen molar-refractivity contribution in [1.82, 2.24) is 5.32 Å². The first-order valence-electron chi connectivity index (χ1n) is 6.78. The molecule has 0 bridgehead atoms. The molecule has 1 aliphatic carbocycles. The number of carbonyl (C=O) groups excluding carboxylic acids is 2. The van der Waals surface area contributed by atoms with Gasteiger partial charge in [-0.25, -0.2) is 9.18 Å². The van der Waals surface area contributed by atoms with Crippen LogP contribution in [-0.4, -0.2) is 28.8 Å². The molecule has 1 fully saturated rings. The van der Waals surface area contributed by atoms with Gasteiger partial charge < -0.3 is 10.4 Å². The number of amides is 1. The van der Waals surface area contributed by atoms with Crippen LogP contribution in [-0.2, 0) is 9.59 Å². The second-order valence-electron chi connectivity index (χ2n) is 5.19. The summed E-state index contributed by atoms with van der Waals surface area (Å²) in [5, 5.41) is 11.7. The Bertz CT molecular complexity index is 555. The van der Waals surface area contributed by atoms with Crippen molar-refractivity contribution in [3.05, 3.63) is 35.6 Å². The third kappa shape index (κ3) is 3.87. The van der Waals surface area contributed by atoms with Gasteiger partial charge >= 0.3 is 5.97 Å². The van der Waals surface area contributed by atoms with E-state index in [1.54, 1.807) is 0 Å². The van der Waals surface area contributed by atoms with Crippen LogP contribution in [0, 0.1) is 11.7 Å². The monoisotopic (exact) mass is 293 g/mol. The first-order chi connectivity index (χ1) is 9.97. The number of aliphatic carboxylic acids is 1. The van der Waals surface area contributed by atoms with E-state index in [1.165, 1.54) is 12.1 Å². The van der Waals surface area contributed by atoms with Crippen molar-refractivity contribution in [1.29, 1.82) is 0 Å². The molecule has 1 aliphatic rings. The van der Waals surface area contributed by atoms with Crippen LogP contribution in [0.2, 0.25) is 0 Å². The van der Waals surface area contributed by atoms with Crippen molar-refractivity contribution in [3.8, 4) is 0 Å². The second kappa shape index (κ2) is 6.47. The minimum Gasteiger partial charge on any atom is -0.480 e. The lowest BCUT2D eigenvalue weighted by Gasteiger charge is -2.27. The number of carboxylic acid groups (broad SMARTS) is 1. The van der Waals surface area contributed by atoms with E-state index in [-0.39, 0.29) is 17.8 Å². The predicted octanol–water partition coefficient (Wildman–Crippen LogP) is 1.77. The summed E-state index contributed by atoms with van der Waals surface area (Å²) in [6.07, 6.45) is 1.86. The first kappa shape index (κ1) is 15.2. The second-order valence-corrected chi connectivity index (χ2v) is 5.19.